The number of nitrogens with zero attached hydrogens (tertiary/aromatic N) is 4. The SMILES string of the molecule is CC(=O)c1ccccc1-c1ccc(-c2ccnc(C)c2-c2nn[nH]n2)cc1. The van der Waals surface area contributed by atoms with Crippen molar-refractivity contribution in [3.63, 3.8) is 0 Å². The number of Topliss-reactive ketones (excluding diaryl/α,β-unsaturated/α-hetero) is 1. The molecule has 6 heteroatoms. The van der Waals surface area contributed by atoms with E-state index in [-0.39, 0.29) is 5.78 Å². The van der Waals surface area contributed by atoms with Gasteiger partial charge in [0.1, 0.15) is 0 Å². The molecule has 4 rings (SSSR count). The number of H-pyrrole nitrogens is 1. The number of pyridine rings is 1. The summed E-state index contributed by atoms with van der Waals surface area (Å²) in [4.78, 5) is 16.3. The van der Waals surface area contributed by atoms with Gasteiger partial charge in [0.25, 0.3) is 0 Å². The third-order valence-corrected chi connectivity index (χ3v) is 4.52. The van der Waals surface area contributed by atoms with Crippen LogP contribution >= 0.6 is 0 Å². The summed E-state index contributed by atoms with van der Waals surface area (Å²) in [5.74, 6) is 0.570. The summed E-state index contributed by atoms with van der Waals surface area (Å²) in [5, 5.41) is 14.4. The van der Waals surface area contributed by atoms with E-state index < -0.39 is 0 Å². The number of hydrogen-bond donors (Lipinski definition) is 1. The number of carbonyl (C=O) groups is 1. The predicted molar refractivity (Wildman–Crippen MR) is 103 cm³/mol. The first kappa shape index (κ1) is 16.8. The first-order valence-corrected chi connectivity index (χ1v) is 8.55. The van der Waals surface area contributed by atoms with Crippen LogP contribution in [0.25, 0.3) is 33.6 Å². The zero-order valence-electron chi connectivity index (χ0n) is 15.0. The maximum absolute atomic E-state index is 11.9. The maximum Gasteiger partial charge on any atom is 0.207 e. The monoisotopic (exact) mass is 355 g/mol. The Hall–Kier alpha value is -3.67. The van der Waals surface area contributed by atoms with Gasteiger partial charge in [-0.1, -0.05) is 48.5 Å². The molecule has 0 aliphatic carbocycles. The fourth-order valence-electron chi connectivity index (χ4n) is 3.23. The highest BCUT2D eigenvalue weighted by molar-refractivity contribution is 6.01. The van der Waals surface area contributed by atoms with Gasteiger partial charge in [-0.2, -0.15) is 5.21 Å². The van der Waals surface area contributed by atoms with Gasteiger partial charge in [-0.15, -0.1) is 10.2 Å². The third kappa shape index (κ3) is 3.13. The van der Waals surface area contributed by atoms with Gasteiger partial charge in [-0.05, 0) is 47.4 Å². The van der Waals surface area contributed by atoms with Crippen LogP contribution in [0.4, 0.5) is 0 Å². The van der Waals surface area contributed by atoms with E-state index >= 15 is 0 Å². The van der Waals surface area contributed by atoms with Crippen LogP contribution in [0.15, 0.2) is 60.8 Å². The van der Waals surface area contributed by atoms with E-state index in [2.05, 4.69) is 25.6 Å². The van der Waals surface area contributed by atoms with Crippen molar-refractivity contribution in [2.75, 3.05) is 0 Å². The Morgan fingerprint density at radius 2 is 1.63 bits per heavy atom. The van der Waals surface area contributed by atoms with Gasteiger partial charge in [0.05, 0.1) is 5.56 Å². The van der Waals surface area contributed by atoms with Gasteiger partial charge in [-0.3, -0.25) is 9.78 Å². The summed E-state index contributed by atoms with van der Waals surface area (Å²) in [6.45, 7) is 3.51. The quantitative estimate of drug-likeness (QED) is 0.557. The van der Waals surface area contributed by atoms with E-state index in [4.69, 9.17) is 0 Å². The molecule has 6 nitrogen and oxygen atoms in total. The lowest BCUT2D eigenvalue weighted by molar-refractivity contribution is 0.101. The Bertz CT molecular complexity index is 1100. The van der Waals surface area contributed by atoms with Crippen molar-refractivity contribution < 1.29 is 4.79 Å². The standard InChI is InChI=1S/C21H17N5O/c1-13-20(21-23-25-26-24-21)19(11-12-22-13)16-9-7-15(8-10-16)18-6-4-3-5-17(18)14(2)27/h3-12H,1-2H3,(H,23,24,25,26). The summed E-state index contributed by atoms with van der Waals surface area (Å²) in [6.07, 6.45) is 1.77. The first-order valence-electron chi connectivity index (χ1n) is 8.55. The number of rotatable bonds is 4. The summed E-state index contributed by atoms with van der Waals surface area (Å²) >= 11 is 0. The second-order valence-corrected chi connectivity index (χ2v) is 6.23. The zero-order valence-corrected chi connectivity index (χ0v) is 15.0. The highest BCUT2D eigenvalue weighted by atomic mass is 16.1. The number of nitrogens with one attached hydrogen (secondary N) is 1. The Labute approximate surface area is 156 Å². The molecule has 27 heavy (non-hydrogen) atoms. The second kappa shape index (κ2) is 6.92. The Morgan fingerprint density at radius 1 is 0.926 bits per heavy atom. The van der Waals surface area contributed by atoms with Gasteiger partial charge in [0.2, 0.25) is 5.82 Å². The summed E-state index contributed by atoms with van der Waals surface area (Å²) < 4.78 is 0. The number of benzene rings is 2. The highest BCUT2D eigenvalue weighted by Gasteiger charge is 2.15. The molecule has 0 fully saturated rings. The van der Waals surface area contributed by atoms with Crippen LogP contribution in [0.3, 0.4) is 0 Å². The van der Waals surface area contributed by atoms with Crippen LogP contribution in [-0.4, -0.2) is 31.4 Å². The average molecular weight is 355 g/mol. The molecular weight excluding hydrogens is 338 g/mol. The molecule has 4 aromatic rings. The van der Waals surface area contributed by atoms with E-state index in [0.717, 1.165) is 39.1 Å². The minimum Gasteiger partial charge on any atom is -0.294 e. The zero-order chi connectivity index (χ0) is 18.8. The van der Waals surface area contributed by atoms with E-state index in [1.165, 1.54) is 0 Å². The molecule has 0 atom stereocenters. The lowest BCUT2D eigenvalue weighted by atomic mass is 9.94. The summed E-state index contributed by atoms with van der Waals surface area (Å²) in [5.41, 5.74) is 6.33. The fraction of sp³-hybridized carbons (Fsp3) is 0.0952. The number of aryl methyl sites for hydroxylation is 1. The van der Waals surface area contributed by atoms with E-state index in [9.17, 15) is 4.79 Å². The molecule has 0 aliphatic heterocycles. The van der Waals surface area contributed by atoms with Gasteiger partial charge in [0, 0.05) is 17.5 Å². The van der Waals surface area contributed by atoms with E-state index in [1.807, 2.05) is 61.5 Å². The lowest BCUT2D eigenvalue weighted by Crippen LogP contribution is -1.96. The van der Waals surface area contributed by atoms with Gasteiger partial charge in [-0.25, -0.2) is 0 Å². The molecule has 2 heterocycles. The van der Waals surface area contributed by atoms with Crippen LogP contribution in [0, 0.1) is 6.92 Å². The van der Waals surface area contributed by atoms with Crippen molar-refractivity contribution in [1.82, 2.24) is 25.6 Å². The fourth-order valence-corrected chi connectivity index (χ4v) is 3.23. The first-order chi connectivity index (χ1) is 13.1. The van der Waals surface area contributed by atoms with E-state index in [0.29, 0.717) is 5.82 Å². The molecule has 2 aromatic carbocycles. The number of ketones is 1. The highest BCUT2D eigenvalue weighted by Crippen LogP contribution is 2.33. The van der Waals surface area contributed by atoms with Gasteiger partial charge < -0.3 is 0 Å². The third-order valence-electron chi connectivity index (χ3n) is 4.52. The minimum atomic E-state index is 0.0545. The molecule has 0 saturated carbocycles. The smallest absolute Gasteiger partial charge is 0.207 e. The number of hydrogen-bond acceptors (Lipinski definition) is 5. The topological polar surface area (TPSA) is 84.4 Å². The Kier molecular flexibility index (Phi) is 4.30. The molecule has 2 aromatic heterocycles. The lowest BCUT2D eigenvalue weighted by Gasteiger charge is -2.11. The molecule has 0 unspecified atom stereocenters. The normalized spacial score (nSPS) is 10.7. The number of carbonyl (C=O) groups excluding carboxylic acids is 1. The van der Waals surface area contributed by atoms with Gasteiger partial charge in [0.15, 0.2) is 5.78 Å². The van der Waals surface area contributed by atoms with Crippen molar-refractivity contribution >= 4 is 5.78 Å². The van der Waals surface area contributed by atoms with E-state index in [1.54, 1.807) is 13.1 Å². The Balaban J connectivity index is 1.79. The molecule has 0 aliphatic rings. The average Bonchev–Trinajstić information content (AvgIpc) is 3.22. The number of aromatic amines is 1. The van der Waals surface area contributed by atoms with Crippen molar-refractivity contribution in [3.05, 3.63) is 72.1 Å². The largest absolute Gasteiger partial charge is 0.294 e. The van der Waals surface area contributed by atoms with Crippen molar-refractivity contribution in [3.8, 4) is 33.6 Å². The van der Waals surface area contributed by atoms with Crippen LogP contribution in [0.5, 0.6) is 0 Å². The summed E-state index contributed by atoms with van der Waals surface area (Å²) in [6, 6.07) is 17.7. The molecular formula is C21H17N5O. The molecule has 0 bridgehead atoms. The van der Waals surface area contributed by atoms with Crippen LogP contribution in [0.2, 0.25) is 0 Å². The minimum absolute atomic E-state index is 0.0545. The molecule has 1 N–H and O–H groups in total. The molecule has 132 valence electrons. The molecule has 0 amide bonds. The molecule has 0 radical (unpaired) electrons. The maximum atomic E-state index is 11.9. The Morgan fingerprint density at radius 3 is 2.30 bits per heavy atom. The summed E-state index contributed by atoms with van der Waals surface area (Å²) in [7, 11) is 0. The predicted octanol–water partition coefficient (Wildman–Crippen LogP) is 4.11. The van der Waals surface area contributed by atoms with Crippen LogP contribution < -0.4 is 0 Å². The van der Waals surface area contributed by atoms with Crippen molar-refractivity contribution in [2.24, 2.45) is 0 Å². The number of aromatic nitrogens is 5. The van der Waals surface area contributed by atoms with Crippen LogP contribution in [0.1, 0.15) is 23.0 Å². The van der Waals surface area contributed by atoms with Crippen molar-refractivity contribution in [2.45, 2.75) is 13.8 Å². The van der Waals surface area contributed by atoms with Gasteiger partial charge >= 0.3 is 0 Å². The van der Waals surface area contributed by atoms with Crippen LogP contribution in [-0.2, 0) is 0 Å². The number of tetrazole rings is 1. The van der Waals surface area contributed by atoms with Crippen molar-refractivity contribution in [1.29, 1.82) is 0 Å². The molecule has 0 spiro atoms. The second-order valence-electron chi connectivity index (χ2n) is 6.23. The molecule has 0 saturated heterocycles.